The van der Waals surface area contributed by atoms with Crippen LogP contribution in [0.15, 0.2) is 60.7 Å². The van der Waals surface area contributed by atoms with Gasteiger partial charge in [-0.3, -0.25) is 9.69 Å². The van der Waals surface area contributed by atoms with Gasteiger partial charge in [-0.05, 0) is 30.7 Å². The molecule has 1 saturated heterocycles. The number of benzene rings is 2. The maximum Gasteiger partial charge on any atom is 0.404 e. The largest absolute Gasteiger partial charge is 0.404 e. The molecule has 2 aromatic carbocycles. The van der Waals surface area contributed by atoms with Crippen LogP contribution in [0.5, 0.6) is 0 Å². The van der Waals surface area contributed by atoms with Crippen LogP contribution in [0.25, 0.3) is 0 Å². The number of likely N-dealkylation sites (tertiary alicyclic amines) is 1. The minimum Gasteiger partial charge on any atom is -0.325 e. The first-order chi connectivity index (χ1) is 11.9. The molecule has 3 nitrogen and oxygen atoms in total. The molecule has 1 atom stereocenters. The minimum atomic E-state index is -4.60. The second-order valence-electron chi connectivity index (χ2n) is 6.35. The zero-order valence-electron chi connectivity index (χ0n) is 13.6. The Morgan fingerprint density at radius 2 is 1.64 bits per heavy atom. The number of anilines is 1. The highest BCUT2D eigenvalue weighted by Crippen LogP contribution is 2.46. The molecule has 2 aromatic rings. The Hall–Kier alpha value is -2.34. The fourth-order valence-electron chi connectivity index (χ4n) is 3.18. The van der Waals surface area contributed by atoms with Crippen molar-refractivity contribution in [3.05, 3.63) is 66.2 Å². The third kappa shape index (κ3) is 3.69. The molecule has 25 heavy (non-hydrogen) atoms. The molecular weight excluding hydrogens is 329 g/mol. The maximum absolute atomic E-state index is 13.8. The molecule has 0 spiro atoms. The molecule has 0 unspecified atom stereocenters. The summed E-state index contributed by atoms with van der Waals surface area (Å²) in [5, 5.41) is 2.43. The molecule has 0 radical (unpaired) electrons. The van der Waals surface area contributed by atoms with Crippen LogP contribution in [0.3, 0.4) is 0 Å². The molecule has 1 amide bonds. The van der Waals surface area contributed by atoms with Gasteiger partial charge in [0.15, 0.2) is 5.41 Å². The summed E-state index contributed by atoms with van der Waals surface area (Å²) in [5.41, 5.74) is -1.07. The van der Waals surface area contributed by atoms with Crippen molar-refractivity contribution in [2.45, 2.75) is 19.1 Å². The Morgan fingerprint density at radius 3 is 2.24 bits per heavy atom. The number of hydrogen-bond donors (Lipinski definition) is 1. The minimum absolute atomic E-state index is 0.233. The van der Waals surface area contributed by atoms with Crippen molar-refractivity contribution in [1.82, 2.24) is 4.90 Å². The quantitative estimate of drug-likeness (QED) is 0.903. The summed E-state index contributed by atoms with van der Waals surface area (Å²) in [6.07, 6.45) is -4.83. The average Bonchev–Trinajstić information content (AvgIpc) is 3.02. The van der Waals surface area contributed by atoms with E-state index in [0.717, 1.165) is 5.56 Å². The molecule has 0 aromatic heterocycles. The van der Waals surface area contributed by atoms with E-state index in [1.165, 1.54) is 0 Å². The van der Waals surface area contributed by atoms with Gasteiger partial charge >= 0.3 is 6.18 Å². The summed E-state index contributed by atoms with van der Waals surface area (Å²) >= 11 is 0. The van der Waals surface area contributed by atoms with E-state index in [-0.39, 0.29) is 19.5 Å². The molecular formula is C19H19F3N2O. The maximum atomic E-state index is 13.8. The number of alkyl halides is 3. The number of rotatable bonds is 4. The summed E-state index contributed by atoms with van der Waals surface area (Å²) in [5.74, 6) is -0.984. The normalized spacial score (nSPS) is 21.2. The molecule has 0 aliphatic carbocycles. The fraction of sp³-hybridized carbons (Fsp3) is 0.316. The molecule has 1 aliphatic heterocycles. The lowest BCUT2D eigenvalue weighted by Crippen LogP contribution is -2.49. The summed E-state index contributed by atoms with van der Waals surface area (Å²) in [6.45, 7) is 0.304. The van der Waals surface area contributed by atoms with E-state index < -0.39 is 17.5 Å². The van der Waals surface area contributed by atoms with Crippen LogP contribution >= 0.6 is 0 Å². The van der Waals surface area contributed by atoms with E-state index >= 15 is 0 Å². The Morgan fingerprint density at radius 1 is 1.04 bits per heavy atom. The van der Waals surface area contributed by atoms with E-state index in [0.29, 0.717) is 12.2 Å². The monoisotopic (exact) mass is 348 g/mol. The smallest absolute Gasteiger partial charge is 0.325 e. The number of hydrogen-bond acceptors (Lipinski definition) is 2. The Labute approximate surface area is 144 Å². The summed E-state index contributed by atoms with van der Waals surface area (Å²) in [7, 11) is 0. The molecule has 1 heterocycles. The van der Waals surface area contributed by atoms with Crippen LogP contribution in [0.4, 0.5) is 18.9 Å². The van der Waals surface area contributed by atoms with Crippen molar-refractivity contribution in [3.8, 4) is 0 Å². The van der Waals surface area contributed by atoms with Crippen molar-refractivity contribution in [3.63, 3.8) is 0 Å². The van der Waals surface area contributed by atoms with Crippen molar-refractivity contribution in [2.24, 2.45) is 5.41 Å². The summed E-state index contributed by atoms with van der Waals surface area (Å²) in [4.78, 5) is 14.2. The van der Waals surface area contributed by atoms with E-state index in [4.69, 9.17) is 0 Å². The van der Waals surface area contributed by atoms with Gasteiger partial charge < -0.3 is 5.32 Å². The van der Waals surface area contributed by atoms with E-state index in [1.807, 2.05) is 30.3 Å². The number of halogens is 3. The first-order valence-electron chi connectivity index (χ1n) is 8.10. The molecule has 1 N–H and O–H groups in total. The van der Waals surface area contributed by atoms with Gasteiger partial charge in [0.2, 0.25) is 5.91 Å². The topological polar surface area (TPSA) is 32.3 Å². The van der Waals surface area contributed by atoms with Gasteiger partial charge in [0.1, 0.15) is 0 Å². The summed E-state index contributed by atoms with van der Waals surface area (Å²) in [6, 6.07) is 17.6. The van der Waals surface area contributed by atoms with Gasteiger partial charge in [0.05, 0.1) is 0 Å². The van der Waals surface area contributed by atoms with E-state index in [1.54, 1.807) is 35.2 Å². The second kappa shape index (κ2) is 6.88. The van der Waals surface area contributed by atoms with Gasteiger partial charge in [-0.1, -0.05) is 48.5 Å². The van der Waals surface area contributed by atoms with Crippen LogP contribution in [0.1, 0.15) is 12.0 Å². The number of nitrogens with one attached hydrogen (secondary N) is 1. The Bertz CT molecular complexity index is 718. The number of para-hydroxylation sites is 1. The third-order valence-corrected chi connectivity index (χ3v) is 4.61. The molecule has 0 bridgehead atoms. The van der Waals surface area contributed by atoms with Crippen molar-refractivity contribution in [1.29, 1.82) is 0 Å². The van der Waals surface area contributed by atoms with Gasteiger partial charge in [0, 0.05) is 18.8 Å². The van der Waals surface area contributed by atoms with Gasteiger partial charge in [0.25, 0.3) is 0 Å². The molecule has 3 rings (SSSR count). The lowest BCUT2D eigenvalue weighted by Gasteiger charge is -2.30. The number of carbonyl (C=O) groups excluding carboxylic acids is 1. The SMILES string of the molecule is O=C(Nc1ccccc1)[C@]1(C(F)(F)F)CCN(Cc2ccccc2)C1. The van der Waals surface area contributed by atoms with Crippen molar-refractivity contribution >= 4 is 11.6 Å². The predicted octanol–water partition coefficient (Wildman–Crippen LogP) is 4.08. The lowest BCUT2D eigenvalue weighted by atomic mass is 9.85. The number of carbonyl (C=O) groups is 1. The third-order valence-electron chi connectivity index (χ3n) is 4.61. The number of amides is 1. The summed E-state index contributed by atoms with van der Waals surface area (Å²) < 4.78 is 41.4. The van der Waals surface area contributed by atoms with Gasteiger partial charge in [-0.2, -0.15) is 13.2 Å². The van der Waals surface area contributed by atoms with E-state index in [9.17, 15) is 18.0 Å². The number of nitrogens with zero attached hydrogens (tertiary/aromatic N) is 1. The molecule has 0 saturated carbocycles. The van der Waals surface area contributed by atoms with Crippen molar-refractivity contribution < 1.29 is 18.0 Å². The average molecular weight is 348 g/mol. The van der Waals surface area contributed by atoms with Gasteiger partial charge in [-0.25, -0.2) is 0 Å². The van der Waals surface area contributed by atoms with Crippen LogP contribution in [-0.4, -0.2) is 30.1 Å². The fourth-order valence-corrected chi connectivity index (χ4v) is 3.18. The van der Waals surface area contributed by atoms with Crippen LogP contribution in [0.2, 0.25) is 0 Å². The highest BCUT2D eigenvalue weighted by Gasteiger charge is 2.62. The second-order valence-corrected chi connectivity index (χ2v) is 6.35. The van der Waals surface area contributed by atoms with E-state index in [2.05, 4.69) is 5.32 Å². The highest BCUT2D eigenvalue weighted by molar-refractivity contribution is 5.96. The molecule has 132 valence electrons. The van der Waals surface area contributed by atoms with Crippen LogP contribution in [0, 0.1) is 5.41 Å². The molecule has 1 aliphatic rings. The van der Waals surface area contributed by atoms with Gasteiger partial charge in [-0.15, -0.1) is 0 Å². The highest BCUT2D eigenvalue weighted by atomic mass is 19.4. The van der Waals surface area contributed by atoms with Crippen LogP contribution < -0.4 is 5.32 Å². The Balaban J connectivity index is 1.77. The molecule has 1 fully saturated rings. The first kappa shape index (κ1) is 17.5. The lowest BCUT2D eigenvalue weighted by molar-refractivity contribution is -0.215. The standard InChI is InChI=1S/C19H19F3N2O/c20-19(21,22)18(17(25)23-16-9-5-2-6-10-16)11-12-24(14-18)13-15-7-3-1-4-8-15/h1-10H,11-14H2,(H,23,25)/t18-/m0/s1. The predicted molar refractivity (Wildman–Crippen MR) is 89.9 cm³/mol. The van der Waals surface area contributed by atoms with Crippen LogP contribution in [-0.2, 0) is 11.3 Å². The first-order valence-corrected chi connectivity index (χ1v) is 8.10. The zero-order chi connectivity index (χ0) is 17.9. The Kier molecular flexibility index (Phi) is 4.81. The molecule has 6 heteroatoms. The van der Waals surface area contributed by atoms with Crippen molar-refractivity contribution in [2.75, 3.05) is 18.4 Å². The zero-order valence-corrected chi connectivity index (χ0v) is 13.6.